The number of rotatable bonds is 7. The van der Waals surface area contributed by atoms with E-state index in [9.17, 15) is 19.8 Å². The van der Waals surface area contributed by atoms with Crippen LogP contribution < -0.4 is 4.90 Å². The molecule has 7 nitrogen and oxygen atoms in total. The lowest BCUT2D eigenvalue weighted by Crippen LogP contribution is -2.27. The van der Waals surface area contributed by atoms with Gasteiger partial charge in [0.1, 0.15) is 5.76 Å². The van der Waals surface area contributed by atoms with Crippen molar-refractivity contribution in [2.75, 3.05) is 11.4 Å². The van der Waals surface area contributed by atoms with Crippen LogP contribution in [0, 0.1) is 13.8 Å². The standard InChI is InChI=1S/C19H22N2O5/c1-5-15(17(18(22)23)19(24)25)21(6-2)14-9-7-8-13(10-14)16-11(3)20-26-12(16)4/h7-10H,5-6H2,1-4H3,(H,22,23)(H,24,25). The molecule has 0 aliphatic carbocycles. The third-order valence-corrected chi connectivity index (χ3v) is 4.17. The maximum Gasteiger partial charge on any atom is 0.344 e. The number of hydrogen-bond acceptors (Lipinski definition) is 5. The van der Waals surface area contributed by atoms with E-state index in [0.717, 1.165) is 16.8 Å². The van der Waals surface area contributed by atoms with Gasteiger partial charge in [0, 0.05) is 23.5 Å². The molecule has 26 heavy (non-hydrogen) atoms. The summed E-state index contributed by atoms with van der Waals surface area (Å²) in [5, 5.41) is 22.6. The summed E-state index contributed by atoms with van der Waals surface area (Å²) in [5.74, 6) is -2.21. The van der Waals surface area contributed by atoms with Gasteiger partial charge in [0.25, 0.3) is 0 Å². The van der Waals surface area contributed by atoms with E-state index in [4.69, 9.17) is 4.52 Å². The molecule has 0 aliphatic rings. The highest BCUT2D eigenvalue weighted by molar-refractivity contribution is 6.13. The number of allylic oxidation sites excluding steroid dienone is 1. The van der Waals surface area contributed by atoms with Crippen molar-refractivity contribution in [1.82, 2.24) is 5.16 Å². The van der Waals surface area contributed by atoms with Crippen molar-refractivity contribution in [3.8, 4) is 11.1 Å². The zero-order valence-corrected chi connectivity index (χ0v) is 15.2. The summed E-state index contributed by atoms with van der Waals surface area (Å²) < 4.78 is 5.22. The van der Waals surface area contributed by atoms with Crippen LogP contribution >= 0.6 is 0 Å². The van der Waals surface area contributed by atoms with Gasteiger partial charge in [-0.2, -0.15) is 0 Å². The third kappa shape index (κ3) is 3.61. The fourth-order valence-corrected chi connectivity index (χ4v) is 3.09. The van der Waals surface area contributed by atoms with Crippen LogP contribution in [0.1, 0.15) is 31.7 Å². The van der Waals surface area contributed by atoms with Crippen LogP contribution in [0.4, 0.5) is 5.69 Å². The lowest BCUT2D eigenvalue weighted by molar-refractivity contribution is -0.140. The van der Waals surface area contributed by atoms with E-state index < -0.39 is 17.5 Å². The van der Waals surface area contributed by atoms with Gasteiger partial charge >= 0.3 is 11.9 Å². The van der Waals surface area contributed by atoms with Crippen LogP contribution in [-0.4, -0.2) is 33.9 Å². The Balaban J connectivity index is 2.61. The molecule has 0 aliphatic heterocycles. The number of hydrogen-bond donors (Lipinski definition) is 2. The highest BCUT2D eigenvalue weighted by Gasteiger charge is 2.25. The molecule has 0 bridgehead atoms. The number of carboxylic acid groups (broad SMARTS) is 2. The number of aromatic nitrogens is 1. The van der Waals surface area contributed by atoms with Gasteiger partial charge in [-0.05, 0) is 44.9 Å². The quantitative estimate of drug-likeness (QED) is 0.442. The number of aliphatic carboxylic acids is 2. The Labute approximate surface area is 151 Å². The van der Waals surface area contributed by atoms with Crippen LogP contribution in [0.5, 0.6) is 0 Å². The molecule has 2 rings (SSSR count). The van der Waals surface area contributed by atoms with Crippen LogP contribution in [-0.2, 0) is 9.59 Å². The van der Waals surface area contributed by atoms with E-state index in [1.165, 1.54) is 0 Å². The zero-order valence-electron chi connectivity index (χ0n) is 15.2. The minimum atomic E-state index is -1.45. The highest BCUT2D eigenvalue weighted by Crippen LogP contribution is 2.32. The van der Waals surface area contributed by atoms with Crippen molar-refractivity contribution in [3.63, 3.8) is 0 Å². The average Bonchev–Trinajstić information content (AvgIpc) is 2.92. The van der Waals surface area contributed by atoms with Crippen LogP contribution in [0.3, 0.4) is 0 Å². The fourth-order valence-electron chi connectivity index (χ4n) is 3.09. The van der Waals surface area contributed by atoms with E-state index in [1.54, 1.807) is 11.8 Å². The van der Waals surface area contributed by atoms with Gasteiger partial charge < -0.3 is 19.6 Å². The van der Waals surface area contributed by atoms with Crippen molar-refractivity contribution in [2.45, 2.75) is 34.1 Å². The molecule has 0 spiro atoms. The first kappa shape index (κ1) is 19.2. The normalized spacial score (nSPS) is 10.5. The van der Waals surface area contributed by atoms with Gasteiger partial charge in [-0.1, -0.05) is 24.2 Å². The molecule has 2 N–H and O–H groups in total. The lowest BCUT2D eigenvalue weighted by atomic mass is 10.0. The van der Waals surface area contributed by atoms with Crippen LogP contribution in [0.25, 0.3) is 11.1 Å². The van der Waals surface area contributed by atoms with E-state index in [2.05, 4.69) is 5.16 Å². The minimum Gasteiger partial charge on any atom is -0.477 e. The van der Waals surface area contributed by atoms with Gasteiger partial charge in [-0.3, -0.25) is 0 Å². The predicted molar refractivity (Wildman–Crippen MR) is 97.0 cm³/mol. The van der Waals surface area contributed by atoms with Gasteiger partial charge in [-0.25, -0.2) is 9.59 Å². The Morgan fingerprint density at radius 3 is 2.27 bits per heavy atom. The van der Waals surface area contributed by atoms with Crippen molar-refractivity contribution >= 4 is 17.6 Å². The number of anilines is 1. The Kier molecular flexibility index (Phi) is 5.82. The largest absolute Gasteiger partial charge is 0.477 e. The maximum absolute atomic E-state index is 11.4. The van der Waals surface area contributed by atoms with Crippen LogP contribution in [0.2, 0.25) is 0 Å². The summed E-state index contributed by atoms with van der Waals surface area (Å²) >= 11 is 0. The fraction of sp³-hybridized carbons (Fsp3) is 0.316. The SMILES string of the molecule is CCC(=C(C(=O)O)C(=O)O)N(CC)c1cccc(-c2c(C)noc2C)c1. The molecule has 0 atom stereocenters. The summed E-state index contributed by atoms with van der Waals surface area (Å²) in [6.45, 7) is 7.68. The van der Waals surface area contributed by atoms with E-state index in [-0.39, 0.29) is 12.1 Å². The number of benzene rings is 1. The number of carboxylic acids is 2. The lowest BCUT2D eigenvalue weighted by Gasteiger charge is -2.27. The Bertz CT molecular complexity index is 831. The molecule has 1 heterocycles. The topological polar surface area (TPSA) is 104 Å². The molecule has 138 valence electrons. The molecular formula is C19H22N2O5. The Hall–Kier alpha value is -3.09. The molecule has 1 aromatic carbocycles. The second kappa shape index (κ2) is 7.86. The molecule has 0 saturated carbocycles. The molecule has 0 saturated heterocycles. The van der Waals surface area contributed by atoms with Crippen molar-refractivity contribution in [2.24, 2.45) is 0 Å². The number of aryl methyl sites for hydroxylation is 2. The van der Waals surface area contributed by atoms with Gasteiger partial charge in [-0.15, -0.1) is 0 Å². The molecule has 0 radical (unpaired) electrons. The first-order valence-electron chi connectivity index (χ1n) is 8.32. The van der Waals surface area contributed by atoms with Crippen molar-refractivity contribution in [3.05, 3.63) is 47.0 Å². The second-order valence-electron chi connectivity index (χ2n) is 5.78. The molecule has 0 fully saturated rings. The number of nitrogens with zero attached hydrogens (tertiary/aromatic N) is 2. The first-order valence-corrected chi connectivity index (χ1v) is 8.32. The highest BCUT2D eigenvalue weighted by atomic mass is 16.5. The van der Waals surface area contributed by atoms with E-state index in [0.29, 0.717) is 18.0 Å². The van der Waals surface area contributed by atoms with Gasteiger partial charge in [0.05, 0.1) is 5.69 Å². The third-order valence-electron chi connectivity index (χ3n) is 4.17. The van der Waals surface area contributed by atoms with E-state index >= 15 is 0 Å². The molecular weight excluding hydrogens is 336 g/mol. The van der Waals surface area contributed by atoms with Crippen LogP contribution in [0.15, 0.2) is 40.1 Å². The summed E-state index contributed by atoms with van der Waals surface area (Å²) in [7, 11) is 0. The monoisotopic (exact) mass is 358 g/mol. The Morgan fingerprint density at radius 2 is 1.81 bits per heavy atom. The predicted octanol–water partition coefficient (Wildman–Crippen LogP) is 3.62. The molecule has 0 amide bonds. The molecule has 1 aromatic heterocycles. The second-order valence-corrected chi connectivity index (χ2v) is 5.78. The smallest absolute Gasteiger partial charge is 0.344 e. The van der Waals surface area contributed by atoms with Crippen molar-refractivity contribution in [1.29, 1.82) is 0 Å². The summed E-state index contributed by atoms with van der Waals surface area (Å²) in [4.78, 5) is 24.6. The summed E-state index contributed by atoms with van der Waals surface area (Å²) in [5.41, 5.74) is 2.86. The summed E-state index contributed by atoms with van der Waals surface area (Å²) in [6.07, 6.45) is 0.275. The minimum absolute atomic E-state index is 0.253. The molecule has 2 aromatic rings. The summed E-state index contributed by atoms with van der Waals surface area (Å²) in [6, 6.07) is 7.46. The molecule has 7 heteroatoms. The van der Waals surface area contributed by atoms with Gasteiger partial charge in [0.15, 0.2) is 5.57 Å². The maximum atomic E-state index is 11.4. The zero-order chi connectivity index (χ0) is 19.4. The first-order chi connectivity index (χ1) is 12.3. The van der Waals surface area contributed by atoms with E-state index in [1.807, 2.05) is 45.0 Å². The molecule has 0 unspecified atom stereocenters. The van der Waals surface area contributed by atoms with Gasteiger partial charge in [0.2, 0.25) is 0 Å². The average molecular weight is 358 g/mol. The van der Waals surface area contributed by atoms with Crippen molar-refractivity contribution < 1.29 is 24.3 Å². The number of carbonyl (C=O) groups is 2. The Morgan fingerprint density at radius 1 is 1.15 bits per heavy atom.